The number of hydrogen-bond donors (Lipinski definition) is 1. The molecule has 0 saturated heterocycles. The fraction of sp³-hybridized carbons (Fsp3) is 0.161. The molecule has 0 saturated carbocycles. The predicted octanol–water partition coefficient (Wildman–Crippen LogP) is 4.10. The van der Waals surface area contributed by atoms with Crippen LogP contribution < -0.4 is 21.1 Å². The number of likely N-dealkylation sites (N-methyl/N-ethyl adjacent to an activating group) is 2. The molecular weight excluding hydrogens is 534 g/mol. The van der Waals surface area contributed by atoms with E-state index < -0.39 is 0 Å². The van der Waals surface area contributed by atoms with Crippen LogP contribution in [-0.2, 0) is 9.63 Å². The van der Waals surface area contributed by atoms with E-state index in [-0.39, 0.29) is 17.4 Å². The number of benzene rings is 3. The Balaban J connectivity index is 1.45. The van der Waals surface area contributed by atoms with Crippen molar-refractivity contribution in [2.24, 2.45) is 0 Å². The van der Waals surface area contributed by atoms with Gasteiger partial charge in [0.05, 0.1) is 32.6 Å². The topological polar surface area (TPSA) is 118 Å². The molecule has 2 heterocycles. The maximum absolute atomic E-state index is 13.9. The smallest absolute Gasteiger partial charge is 0.339 e. The number of nitrogen functional groups attached to an aromatic ring is 1. The number of amides is 1. The van der Waals surface area contributed by atoms with E-state index in [0.29, 0.717) is 50.9 Å². The van der Waals surface area contributed by atoms with Crippen molar-refractivity contribution in [3.05, 3.63) is 108 Å². The average molecular weight is 567 g/mol. The Bertz CT molecular complexity index is 1790. The Morgan fingerprint density at radius 3 is 2.21 bits per heavy atom. The summed E-state index contributed by atoms with van der Waals surface area (Å²) in [6.45, 7) is 0.537. The third kappa shape index (κ3) is 5.78. The summed E-state index contributed by atoms with van der Waals surface area (Å²) in [5, 5.41) is 0. The molecule has 1 amide bonds. The van der Waals surface area contributed by atoms with Gasteiger partial charge in [0.2, 0.25) is 0 Å². The zero-order chi connectivity index (χ0) is 29.9. The number of hydrogen-bond acceptors (Lipinski definition) is 7. The number of fused-ring (bicyclic) bond motifs is 1. The minimum atomic E-state index is -0.368. The molecule has 3 aromatic carbocycles. The molecule has 214 valence electrons. The molecule has 2 N–H and O–H groups in total. The second-order valence-electron chi connectivity index (χ2n) is 10.0. The Labute approximate surface area is 242 Å². The average Bonchev–Trinajstić information content (AvgIpc) is 3.30. The summed E-state index contributed by atoms with van der Waals surface area (Å²) in [6.07, 6.45) is 4.61. The molecular formula is C31H32N7O4+. The highest BCUT2D eigenvalue weighted by Crippen LogP contribution is 2.26. The lowest BCUT2D eigenvalue weighted by molar-refractivity contribution is -1.07. The first-order valence-corrected chi connectivity index (χ1v) is 13.2. The van der Waals surface area contributed by atoms with Gasteiger partial charge in [0.1, 0.15) is 29.9 Å². The second-order valence-corrected chi connectivity index (χ2v) is 10.0. The van der Waals surface area contributed by atoms with Gasteiger partial charge in [-0.15, -0.1) is 0 Å². The molecule has 0 aliphatic carbocycles. The summed E-state index contributed by atoms with van der Waals surface area (Å²) in [7, 11) is 7.09. The number of aromatic nitrogens is 4. The third-order valence-electron chi connectivity index (χ3n) is 6.85. The molecule has 0 atom stereocenters. The SMILES string of the molecule is CO[N+](C)(C)C/C=C/C(=O)N(C)c1ccc(-n2c(=O)n(-c3ccc(Oc4ccccc4)cc3)c3c(N)ncnc32)cc1. The lowest BCUT2D eigenvalue weighted by Gasteiger charge is -2.23. The van der Waals surface area contributed by atoms with Gasteiger partial charge in [0, 0.05) is 18.8 Å². The van der Waals surface area contributed by atoms with Crippen LogP contribution in [-0.4, -0.2) is 64.5 Å². The molecule has 11 nitrogen and oxygen atoms in total. The van der Waals surface area contributed by atoms with Crippen molar-refractivity contribution in [1.82, 2.24) is 19.1 Å². The van der Waals surface area contributed by atoms with Crippen LogP contribution in [0.2, 0.25) is 0 Å². The van der Waals surface area contributed by atoms with Gasteiger partial charge < -0.3 is 15.4 Å². The van der Waals surface area contributed by atoms with E-state index in [4.69, 9.17) is 15.3 Å². The lowest BCUT2D eigenvalue weighted by Crippen LogP contribution is -2.38. The highest BCUT2D eigenvalue weighted by atomic mass is 16.7. The van der Waals surface area contributed by atoms with Gasteiger partial charge in [0.25, 0.3) is 5.91 Å². The third-order valence-corrected chi connectivity index (χ3v) is 6.85. The minimum absolute atomic E-state index is 0.171. The number of nitrogens with zero attached hydrogens (tertiary/aromatic N) is 6. The molecule has 42 heavy (non-hydrogen) atoms. The van der Waals surface area contributed by atoms with E-state index in [1.54, 1.807) is 68.8 Å². The van der Waals surface area contributed by atoms with Crippen molar-refractivity contribution < 1.29 is 19.0 Å². The number of imidazole rings is 1. The molecule has 5 rings (SSSR count). The molecule has 0 aliphatic heterocycles. The van der Waals surface area contributed by atoms with Gasteiger partial charge in [-0.3, -0.25) is 9.36 Å². The van der Waals surface area contributed by atoms with Gasteiger partial charge in [-0.25, -0.2) is 24.2 Å². The van der Waals surface area contributed by atoms with Crippen molar-refractivity contribution >= 4 is 28.6 Å². The molecule has 0 radical (unpaired) electrons. The van der Waals surface area contributed by atoms with Crippen LogP contribution >= 0.6 is 0 Å². The number of quaternary nitrogens is 1. The molecule has 2 aromatic heterocycles. The van der Waals surface area contributed by atoms with Gasteiger partial charge in [0.15, 0.2) is 11.5 Å². The fourth-order valence-electron chi connectivity index (χ4n) is 4.35. The lowest BCUT2D eigenvalue weighted by atomic mass is 10.2. The Morgan fingerprint density at radius 1 is 0.929 bits per heavy atom. The summed E-state index contributed by atoms with van der Waals surface area (Å²) in [5.41, 5.74) is 8.43. The second kappa shape index (κ2) is 11.7. The van der Waals surface area contributed by atoms with Crippen LogP contribution in [0.4, 0.5) is 11.5 Å². The number of carbonyl (C=O) groups is 1. The highest BCUT2D eigenvalue weighted by molar-refractivity contribution is 6.01. The monoisotopic (exact) mass is 566 g/mol. The van der Waals surface area contributed by atoms with Crippen LogP contribution in [0.3, 0.4) is 0 Å². The van der Waals surface area contributed by atoms with Gasteiger partial charge in [-0.2, -0.15) is 4.65 Å². The van der Waals surface area contributed by atoms with Crippen molar-refractivity contribution in [3.8, 4) is 22.9 Å². The van der Waals surface area contributed by atoms with Crippen LogP contribution in [0, 0.1) is 0 Å². The van der Waals surface area contributed by atoms with Crippen LogP contribution in [0.1, 0.15) is 0 Å². The van der Waals surface area contributed by atoms with E-state index in [2.05, 4.69) is 9.97 Å². The summed E-state index contributed by atoms with van der Waals surface area (Å²) in [4.78, 5) is 41.9. The zero-order valence-electron chi connectivity index (χ0n) is 23.8. The minimum Gasteiger partial charge on any atom is -0.457 e. The zero-order valence-corrected chi connectivity index (χ0v) is 23.8. The number of ether oxygens (including phenoxy) is 1. The van der Waals surface area contributed by atoms with E-state index in [0.717, 1.165) is 0 Å². The van der Waals surface area contributed by atoms with Crippen LogP contribution in [0.25, 0.3) is 22.5 Å². The number of rotatable bonds is 9. The predicted molar refractivity (Wildman–Crippen MR) is 162 cm³/mol. The number of carbonyl (C=O) groups excluding carboxylic acids is 1. The van der Waals surface area contributed by atoms with Crippen LogP contribution in [0.5, 0.6) is 11.5 Å². The van der Waals surface area contributed by atoms with Crippen LogP contribution in [0.15, 0.2) is 102 Å². The maximum atomic E-state index is 13.9. The molecule has 0 unspecified atom stereocenters. The first-order valence-electron chi connectivity index (χ1n) is 13.2. The summed E-state index contributed by atoms with van der Waals surface area (Å²) in [5.74, 6) is 1.31. The summed E-state index contributed by atoms with van der Waals surface area (Å²) >= 11 is 0. The summed E-state index contributed by atoms with van der Waals surface area (Å²) in [6, 6.07) is 23.6. The Hall–Kier alpha value is -5.26. The normalized spacial score (nSPS) is 11.7. The van der Waals surface area contributed by atoms with Crippen molar-refractivity contribution in [3.63, 3.8) is 0 Å². The van der Waals surface area contributed by atoms with Crippen molar-refractivity contribution in [1.29, 1.82) is 0 Å². The molecule has 0 spiro atoms. The van der Waals surface area contributed by atoms with E-state index >= 15 is 0 Å². The fourth-order valence-corrected chi connectivity index (χ4v) is 4.35. The molecule has 0 fully saturated rings. The number of hydroxylamine groups is 3. The summed E-state index contributed by atoms with van der Waals surface area (Å²) < 4.78 is 9.14. The first-order chi connectivity index (χ1) is 20.2. The highest BCUT2D eigenvalue weighted by Gasteiger charge is 2.21. The molecule has 0 bridgehead atoms. The van der Waals surface area contributed by atoms with E-state index in [1.807, 2.05) is 44.4 Å². The van der Waals surface area contributed by atoms with E-state index in [1.165, 1.54) is 26.4 Å². The Morgan fingerprint density at radius 2 is 1.55 bits per heavy atom. The standard InChI is InChI=1S/C31H32N7O4/c1-35(27(39)11-8-20-38(2,3)41-4)22-12-14-24(15-13-22)37-30-28(29(32)33-21-34-30)36(31(37)40)23-16-18-26(19-17-23)42-25-9-6-5-7-10-25/h5-19,21H,20H2,1-4H3,(H2,32,33,34)/q+1/b11-8+. The van der Waals surface area contributed by atoms with Gasteiger partial charge in [-0.05, 0) is 66.7 Å². The van der Waals surface area contributed by atoms with Gasteiger partial charge in [-0.1, -0.05) is 18.2 Å². The quantitative estimate of drug-likeness (QED) is 0.162. The van der Waals surface area contributed by atoms with E-state index in [9.17, 15) is 9.59 Å². The first kappa shape index (κ1) is 28.3. The van der Waals surface area contributed by atoms with Gasteiger partial charge >= 0.3 is 5.69 Å². The maximum Gasteiger partial charge on any atom is 0.339 e. The number of nitrogens with two attached hydrogens (primary N) is 1. The van der Waals surface area contributed by atoms with Crippen molar-refractivity contribution in [2.75, 3.05) is 45.4 Å². The number of anilines is 2. The largest absolute Gasteiger partial charge is 0.457 e. The molecule has 0 aliphatic rings. The molecule has 11 heteroatoms. The van der Waals surface area contributed by atoms with Crippen molar-refractivity contribution in [2.45, 2.75) is 0 Å². The molecule has 5 aromatic rings. The Kier molecular flexibility index (Phi) is 7.87. The number of para-hydroxylation sites is 1.